The summed E-state index contributed by atoms with van der Waals surface area (Å²) in [6, 6.07) is 8.98. The SMILES string of the molecule is CC(C)(CO)NC(=O)C(=O)Nc1cccc2cccnc12. The molecule has 6 heteroatoms. The molecular formula is C15H17N3O3. The number of rotatable bonds is 3. The molecule has 1 heterocycles. The molecule has 0 atom stereocenters. The van der Waals surface area contributed by atoms with Gasteiger partial charge in [-0.15, -0.1) is 0 Å². The number of benzene rings is 1. The maximum Gasteiger partial charge on any atom is 0.313 e. The highest BCUT2D eigenvalue weighted by Gasteiger charge is 2.24. The Bertz CT molecular complexity index is 677. The Kier molecular flexibility index (Phi) is 4.18. The number of para-hydroxylation sites is 1. The highest BCUT2D eigenvalue weighted by Crippen LogP contribution is 2.20. The molecule has 1 aromatic heterocycles. The third kappa shape index (κ3) is 3.55. The van der Waals surface area contributed by atoms with E-state index in [2.05, 4.69) is 15.6 Å². The van der Waals surface area contributed by atoms with Crippen molar-refractivity contribution in [3.8, 4) is 0 Å². The number of aliphatic hydroxyl groups is 1. The van der Waals surface area contributed by atoms with Crippen molar-refractivity contribution >= 4 is 28.4 Å². The minimum Gasteiger partial charge on any atom is -0.394 e. The Hall–Kier alpha value is -2.47. The van der Waals surface area contributed by atoms with Gasteiger partial charge in [-0.3, -0.25) is 14.6 Å². The van der Waals surface area contributed by atoms with Crippen molar-refractivity contribution in [3.05, 3.63) is 36.5 Å². The summed E-state index contributed by atoms with van der Waals surface area (Å²) in [5, 5.41) is 15.0. The van der Waals surface area contributed by atoms with Crippen LogP contribution in [0.1, 0.15) is 13.8 Å². The van der Waals surface area contributed by atoms with Gasteiger partial charge in [-0.05, 0) is 26.0 Å². The number of hydrogen-bond donors (Lipinski definition) is 3. The summed E-state index contributed by atoms with van der Waals surface area (Å²) >= 11 is 0. The molecule has 0 aliphatic carbocycles. The molecule has 2 aromatic rings. The molecule has 0 unspecified atom stereocenters. The van der Waals surface area contributed by atoms with Gasteiger partial charge in [0.1, 0.15) is 0 Å². The van der Waals surface area contributed by atoms with Crippen LogP contribution in [0.25, 0.3) is 10.9 Å². The lowest BCUT2D eigenvalue weighted by atomic mass is 10.1. The van der Waals surface area contributed by atoms with Crippen LogP contribution in [-0.4, -0.2) is 34.1 Å². The summed E-state index contributed by atoms with van der Waals surface area (Å²) in [6.07, 6.45) is 1.62. The Morgan fingerprint density at radius 1 is 1.19 bits per heavy atom. The molecule has 2 amide bonds. The van der Waals surface area contributed by atoms with Gasteiger partial charge < -0.3 is 15.7 Å². The Labute approximate surface area is 122 Å². The zero-order valence-corrected chi connectivity index (χ0v) is 11.9. The Morgan fingerprint density at radius 2 is 1.90 bits per heavy atom. The second-order valence-electron chi connectivity index (χ2n) is 5.33. The quantitative estimate of drug-likeness (QED) is 0.736. The van der Waals surface area contributed by atoms with Crippen LogP contribution < -0.4 is 10.6 Å². The van der Waals surface area contributed by atoms with E-state index >= 15 is 0 Å². The molecule has 6 nitrogen and oxygen atoms in total. The van der Waals surface area contributed by atoms with Crippen LogP contribution in [0.3, 0.4) is 0 Å². The van der Waals surface area contributed by atoms with Crippen molar-refractivity contribution in [2.45, 2.75) is 19.4 Å². The number of hydrogen-bond acceptors (Lipinski definition) is 4. The molecular weight excluding hydrogens is 270 g/mol. The van der Waals surface area contributed by atoms with Gasteiger partial charge in [0.15, 0.2) is 0 Å². The average Bonchev–Trinajstić information content (AvgIpc) is 2.47. The molecule has 3 N–H and O–H groups in total. The first-order valence-corrected chi connectivity index (χ1v) is 6.51. The van der Waals surface area contributed by atoms with Crippen molar-refractivity contribution in [2.24, 2.45) is 0 Å². The minimum atomic E-state index is -0.856. The van der Waals surface area contributed by atoms with E-state index in [0.29, 0.717) is 11.2 Å². The number of aromatic nitrogens is 1. The number of pyridine rings is 1. The van der Waals surface area contributed by atoms with Crippen LogP contribution in [0, 0.1) is 0 Å². The van der Waals surface area contributed by atoms with Gasteiger partial charge in [0.05, 0.1) is 23.3 Å². The topological polar surface area (TPSA) is 91.3 Å². The van der Waals surface area contributed by atoms with E-state index < -0.39 is 17.4 Å². The minimum absolute atomic E-state index is 0.262. The lowest BCUT2D eigenvalue weighted by Gasteiger charge is -2.22. The second-order valence-corrected chi connectivity index (χ2v) is 5.33. The number of nitrogens with one attached hydrogen (secondary N) is 2. The number of carbonyl (C=O) groups excluding carboxylic acids is 2. The number of carbonyl (C=O) groups is 2. The van der Waals surface area contributed by atoms with E-state index in [4.69, 9.17) is 5.11 Å². The van der Waals surface area contributed by atoms with Crippen LogP contribution in [0.4, 0.5) is 5.69 Å². The third-order valence-electron chi connectivity index (χ3n) is 2.93. The van der Waals surface area contributed by atoms with Gasteiger partial charge >= 0.3 is 11.8 Å². The first kappa shape index (κ1) is 14.9. The molecule has 110 valence electrons. The number of amides is 2. The molecule has 0 saturated carbocycles. The second kappa shape index (κ2) is 5.88. The van der Waals surface area contributed by atoms with Gasteiger partial charge in [0, 0.05) is 11.6 Å². The fourth-order valence-electron chi connectivity index (χ4n) is 1.79. The monoisotopic (exact) mass is 287 g/mol. The number of fused-ring (bicyclic) bond motifs is 1. The van der Waals surface area contributed by atoms with E-state index in [0.717, 1.165) is 5.39 Å². The molecule has 0 radical (unpaired) electrons. The molecule has 0 bridgehead atoms. The molecule has 0 aliphatic rings. The van der Waals surface area contributed by atoms with Crippen molar-refractivity contribution in [3.63, 3.8) is 0 Å². The van der Waals surface area contributed by atoms with Crippen LogP contribution in [0.5, 0.6) is 0 Å². The molecule has 0 fully saturated rings. The van der Waals surface area contributed by atoms with Gasteiger partial charge in [-0.25, -0.2) is 0 Å². The molecule has 1 aromatic carbocycles. The highest BCUT2D eigenvalue weighted by atomic mass is 16.3. The highest BCUT2D eigenvalue weighted by molar-refractivity contribution is 6.40. The van der Waals surface area contributed by atoms with Crippen LogP contribution in [0.2, 0.25) is 0 Å². The Balaban J connectivity index is 2.17. The van der Waals surface area contributed by atoms with Gasteiger partial charge in [-0.1, -0.05) is 18.2 Å². The first-order valence-electron chi connectivity index (χ1n) is 6.51. The van der Waals surface area contributed by atoms with Gasteiger partial charge in [0.25, 0.3) is 0 Å². The van der Waals surface area contributed by atoms with E-state index in [-0.39, 0.29) is 6.61 Å². The van der Waals surface area contributed by atoms with Crippen molar-refractivity contribution in [2.75, 3.05) is 11.9 Å². The van der Waals surface area contributed by atoms with Crippen molar-refractivity contribution < 1.29 is 14.7 Å². The van der Waals surface area contributed by atoms with Gasteiger partial charge in [-0.2, -0.15) is 0 Å². The van der Waals surface area contributed by atoms with Crippen molar-refractivity contribution in [1.29, 1.82) is 0 Å². The lowest BCUT2D eigenvalue weighted by Crippen LogP contribution is -2.50. The standard InChI is InChI=1S/C15H17N3O3/c1-15(2,9-19)18-14(21)13(20)17-11-7-3-5-10-6-4-8-16-12(10)11/h3-8,19H,9H2,1-2H3,(H,17,20)(H,18,21). The zero-order chi connectivity index (χ0) is 15.5. The smallest absolute Gasteiger partial charge is 0.313 e. The molecule has 0 saturated heterocycles. The summed E-state index contributed by atoms with van der Waals surface area (Å²) in [6.45, 7) is 2.98. The van der Waals surface area contributed by atoms with E-state index in [1.165, 1.54) is 0 Å². The fourth-order valence-corrected chi connectivity index (χ4v) is 1.79. The van der Waals surface area contributed by atoms with E-state index in [1.54, 1.807) is 38.2 Å². The van der Waals surface area contributed by atoms with Crippen LogP contribution >= 0.6 is 0 Å². The van der Waals surface area contributed by atoms with E-state index in [9.17, 15) is 9.59 Å². The Morgan fingerprint density at radius 3 is 2.62 bits per heavy atom. The van der Waals surface area contributed by atoms with E-state index in [1.807, 2.05) is 12.1 Å². The zero-order valence-electron chi connectivity index (χ0n) is 11.9. The number of nitrogens with zero attached hydrogens (tertiary/aromatic N) is 1. The van der Waals surface area contributed by atoms with Crippen LogP contribution in [-0.2, 0) is 9.59 Å². The summed E-state index contributed by atoms with van der Waals surface area (Å²) in [7, 11) is 0. The average molecular weight is 287 g/mol. The molecule has 21 heavy (non-hydrogen) atoms. The predicted molar refractivity (Wildman–Crippen MR) is 79.7 cm³/mol. The number of aliphatic hydroxyl groups excluding tert-OH is 1. The lowest BCUT2D eigenvalue weighted by molar-refractivity contribution is -0.137. The largest absolute Gasteiger partial charge is 0.394 e. The van der Waals surface area contributed by atoms with Crippen LogP contribution in [0.15, 0.2) is 36.5 Å². The third-order valence-corrected chi connectivity index (χ3v) is 2.93. The summed E-state index contributed by atoms with van der Waals surface area (Å²) in [5.41, 5.74) is 0.225. The summed E-state index contributed by atoms with van der Waals surface area (Å²) in [5.74, 6) is -1.60. The molecule has 0 spiro atoms. The first-order chi connectivity index (χ1) is 9.93. The molecule has 2 rings (SSSR count). The predicted octanol–water partition coefficient (Wildman–Crippen LogP) is 1.06. The maximum absolute atomic E-state index is 11.9. The van der Waals surface area contributed by atoms with Crippen molar-refractivity contribution in [1.82, 2.24) is 10.3 Å². The number of anilines is 1. The molecule has 0 aliphatic heterocycles. The van der Waals surface area contributed by atoms with Gasteiger partial charge in [0.2, 0.25) is 0 Å². The fraction of sp³-hybridized carbons (Fsp3) is 0.267. The summed E-state index contributed by atoms with van der Waals surface area (Å²) in [4.78, 5) is 27.9. The normalized spacial score (nSPS) is 11.2. The summed E-state index contributed by atoms with van der Waals surface area (Å²) < 4.78 is 0. The maximum atomic E-state index is 11.9.